The summed E-state index contributed by atoms with van der Waals surface area (Å²) in [6.45, 7) is 6.91. The van der Waals surface area contributed by atoms with Gasteiger partial charge in [-0.1, -0.05) is 50.0 Å². The van der Waals surface area contributed by atoms with Crippen LogP contribution < -0.4 is 9.62 Å². The molecule has 0 unspecified atom stereocenters. The lowest BCUT2D eigenvalue weighted by atomic mass is 10.1. The van der Waals surface area contributed by atoms with Crippen molar-refractivity contribution in [3.63, 3.8) is 0 Å². The minimum atomic E-state index is -4.03. The van der Waals surface area contributed by atoms with Crippen LogP contribution in [0.4, 0.5) is 11.6 Å². The minimum Gasteiger partial charge on any atom is -0.360 e. The van der Waals surface area contributed by atoms with Gasteiger partial charge in [-0.25, -0.2) is 22.7 Å². The molecule has 0 bridgehead atoms. The number of nitrogens with one attached hydrogen (secondary N) is 1. The van der Waals surface area contributed by atoms with E-state index in [4.69, 9.17) is 4.74 Å². The van der Waals surface area contributed by atoms with Gasteiger partial charge in [0.2, 0.25) is 5.95 Å². The second kappa shape index (κ2) is 11.9. The highest BCUT2D eigenvalue weighted by atomic mass is 32.2. The molecule has 2 aromatic heterocycles. The summed E-state index contributed by atoms with van der Waals surface area (Å²) in [5.41, 5.74) is 2.39. The number of carbonyl (C=O) groups excluding carboxylic acids is 1. The highest BCUT2D eigenvalue weighted by Crippen LogP contribution is 2.23. The van der Waals surface area contributed by atoms with Crippen molar-refractivity contribution in [3.8, 4) is 11.3 Å². The van der Waals surface area contributed by atoms with Crippen LogP contribution in [0.15, 0.2) is 84.0 Å². The Bertz CT molecular complexity index is 1510. The quantitative estimate of drug-likeness (QED) is 0.160. The average molecular weight is 565 g/mol. The summed E-state index contributed by atoms with van der Waals surface area (Å²) in [4.78, 5) is 21.2. The standard InChI is InChI=1S/C27H32N6O4SSi/c1-32-25(19-24(31-32)21-9-6-5-7-10-21)26(34)30-22-11-13-23(14-12-22)38(35,36)33(27-28-15-8-16-29-27)20-37-17-18-39(2,3)4/h5-16,19H,17-18,20H2,1-4H3,(H,30,34). The van der Waals surface area contributed by atoms with E-state index in [0.717, 1.165) is 15.9 Å². The fourth-order valence-corrected chi connectivity index (χ4v) is 5.66. The summed E-state index contributed by atoms with van der Waals surface area (Å²) in [6, 6.07) is 19.7. The summed E-state index contributed by atoms with van der Waals surface area (Å²) in [7, 11) is -3.68. The van der Waals surface area contributed by atoms with Crippen molar-refractivity contribution in [1.29, 1.82) is 0 Å². The Morgan fingerprint density at radius 3 is 2.31 bits per heavy atom. The zero-order valence-electron chi connectivity index (χ0n) is 22.4. The molecular formula is C27H32N6O4SSi. The highest BCUT2D eigenvalue weighted by Gasteiger charge is 2.28. The summed E-state index contributed by atoms with van der Waals surface area (Å²) < 4.78 is 35.4. The van der Waals surface area contributed by atoms with Crippen molar-refractivity contribution in [2.75, 3.05) is 23.0 Å². The lowest BCUT2D eigenvalue weighted by molar-refractivity contribution is 0.101. The van der Waals surface area contributed by atoms with Crippen LogP contribution in [0.5, 0.6) is 0 Å². The third-order valence-corrected chi connectivity index (χ3v) is 9.28. The molecule has 4 rings (SSSR count). The van der Waals surface area contributed by atoms with Crippen LogP contribution in [0.3, 0.4) is 0 Å². The second-order valence-corrected chi connectivity index (χ2v) is 17.6. The van der Waals surface area contributed by atoms with Crippen molar-refractivity contribution in [3.05, 3.63) is 84.8 Å². The number of ether oxygens (including phenoxy) is 1. The Morgan fingerprint density at radius 2 is 1.67 bits per heavy atom. The lowest BCUT2D eigenvalue weighted by Crippen LogP contribution is -2.35. The number of sulfonamides is 1. The first-order valence-electron chi connectivity index (χ1n) is 12.4. The van der Waals surface area contributed by atoms with Crippen LogP contribution in [0.1, 0.15) is 10.5 Å². The van der Waals surface area contributed by atoms with Gasteiger partial charge in [-0.3, -0.25) is 9.48 Å². The number of rotatable bonds is 11. The van der Waals surface area contributed by atoms with Crippen molar-refractivity contribution in [2.45, 2.75) is 30.6 Å². The number of aromatic nitrogens is 4. The zero-order valence-corrected chi connectivity index (χ0v) is 24.2. The first-order chi connectivity index (χ1) is 18.5. The lowest BCUT2D eigenvalue weighted by Gasteiger charge is -2.23. The molecule has 0 radical (unpaired) electrons. The summed E-state index contributed by atoms with van der Waals surface area (Å²) >= 11 is 0. The molecule has 204 valence electrons. The van der Waals surface area contributed by atoms with Gasteiger partial charge in [0.1, 0.15) is 12.4 Å². The fourth-order valence-electron chi connectivity index (χ4n) is 3.64. The summed E-state index contributed by atoms with van der Waals surface area (Å²) in [6.07, 6.45) is 2.96. The van der Waals surface area contributed by atoms with E-state index in [-0.39, 0.29) is 23.5 Å². The molecule has 0 saturated heterocycles. The molecule has 0 saturated carbocycles. The first-order valence-corrected chi connectivity index (χ1v) is 17.6. The number of hydrogen-bond donors (Lipinski definition) is 1. The maximum absolute atomic E-state index is 13.5. The molecule has 0 aliphatic heterocycles. The predicted octanol–water partition coefficient (Wildman–Crippen LogP) is 4.64. The molecule has 10 nitrogen and oxygen atoms in total. The van der Waals surface area contributed by atoms with Gasteiger partial charge in [0.05, 0.1) is 10.6 Å². The Hall–Kier alpha value is -3.87. The van der Waals surface area contributed by atoms with Crippen molar-refractivity contribution in [2.24, 2.45) is 7.05 Å². The van der Waals surface area contributed by atoms with E-state index < -0.39 is 18.1 Å². The molecule has 4 aromatic rings. The number of anilines is 2. The third kappa shape index (κ3) is 7.16. The van der Waals surface area contributed by atoms with E-state index in [1.165, 1.54) is 41.3 Å². The minimum absolute atomic E-state index is 0.0216. The molecule has 0 aliphatic rings. The second-order valence-electron chi connectivity index (χ2n) is 10.1. The highest BCUT2D eigenvalue weighted by molar-refractivity contribution is 7.92. The smallest absolute Gasteiger partial charge is 0.273 e. The van der Waals surface area contributed by atoms with Crippen LogP contribution in [-0.4, -0.2) is 55.5 Å². The van der Waals surface area contributed by atoms with E-state index in [9.17, 15) is 13.2 Å². The van der Waals surface area contributed by atoms with Crippen LogP contribution in [0, 0.1) is 0 Å². The molecule has 0 atom stereocenters. The van der Waals surface area contributed by atoms with E-state index >= 15 is 0 Å². The van der Waals surface area contributed by atoms with Crippen molar-refractivity contribution in [1.82, 2.24) is 19.7 Å². The third-order valence-electron chi connectivity index (χ3n) is 5.86. The predicted molar refractivity (Wildman–Crippen MR) is 154 cm³/mol. The number of aryl methyl sites for hydroxylation is 1. The molecule has 0 aliphatic carbocycles. The topological polar surface area (TPSA) is 119 Å². The SMILES string of the molecule is Cn1nc(-c2ccccc2)cc1C(=O)Nc1ccc(S(=O)(=O)N(COCC[Si](C)(C)C)c2ncccn2)cc1. The Balaban J connectivity index is 1.49. The average Bonchev–Trinajstić information content (AvgIpc) is 3.31. The van der Waals surface area contributed by atoms with Gasteiger partial charge in [0, 0.05) is 45.4 Å². The molecule has 0 fully saturated rings. The van der Waals surface area contributed by atoms with Gasteiger partial charge in [0.25, 0.3) is 15.9 Å². The number of hydrogen-bond acceptors (Lipinski definition) is 7. The normalized spacial score (nSPS) is 11.8. The van der Waals surface area contributed by atoms with Crippen LogP contribution in [-0.2, 0) is 21.8 Å². The Kier molecular flexibility index (Phi) is 8.58. The molecular weight excluding hydrogens is 532 g/mol. The monoisotopic (exact) mass is 564 g/mol. The first kappa shape index (κ1) is 28.1. The number of carbonyl (C=O) groups is 1. The summed E-state index contributed by atoms with van der Waals surface area (Å²) in [5.74, 6) is -0.341. The molecule has 12 heteroatoms. The van der Waals surface area contributed by atoms with E-state index in [1.54, 1.807) is 19.2 Å². The number of nitrogens with zero attached hydrogens (tertiary/aromatic N) is 5. The Morgan fingerprint density at radius 1 is 1.00 bits per heavy atom. The molecule has 1 amide bonds. The number of benzene rings is 2. The van der Waals surface area contributed by atoms with Crippen LogP contribution in [0.25, 0.3) is 11.3 Å². The molecule has 2 aromatic carbocycles. The van der Waals surface area contributed by atoms with Gasteiger partial charge in [-0.2, -0.15) is 5.10 Å². The van der Waals surface area contributed by atoms with Gasteiger partial charge < -0.3 is 10.1 Å². The maximum Gasteiger partial charge on any atom is 0.273 e. The van der Waals surface area contributed by atoms with E-state index in [1.807, 2.05) is 30.3 Å². The van der Waals surface area contributed by atoms with E-state index in [0.29, 0.717) is 23.7 Å². The molecule has 39 heavy (non-hydrogen) atoms. The van der Waals surface area contributed by atoms with Gasteiger partial charge in [-0.15, -0.1) is 0 Å². The fraction of sp³-hybridized carbons (Fsp3) is 0.259. The van der Waals surface area contributed by atoms with Crippen molar-refractivity contribution >= 4 is 35.6 Å². The van der Waals surface area contributed by atoms with Gasteiger partial charge >= 0.3 is 0 Å². The maximum atomic E-state index is 13.5. The van der Waals surface area contributed by atoms with Gasteiger partial charge in [0.15, 0.2) is 0 Å². The van der Waals surface area contributed by atoms with Crippen LogP contribution in [0.2, 0.25) is 25.7 Å². The summed E-state index contributed by atoms with van der Waals surface area (Å²) in [5, 5.41) is 7.24. The molecule has 1 N–H and O–H groups in total. The van der Waals surface area contributed by atoms with E-state index in [2.05, 4.69) is 40.0 Å². The van der Waals surface area contributed by atoms with Crippen LogP contribution >= 0.6 is 0 Å². The molecule has 2 heterocycles. The Labute approximate surface area is 229 Å². The van der Waals surface area contributed by atoms with Gasteiger partial charge in [-0.05, 0) is 42.4 Å². The largest absolute Gasteiger partial charge is 0.360 e. The molecule has 0 spiro atoms. The number of amides is 1. The van der Waals surface area contributed by atoms with Crippen molar-refractivity contribution < 1.29 is 17.9 Å². The zero-order chi connectivity index (χ0) is 28.0.